The summed E-state index contributed by atoms with van der Waals surface area (Å²) in [5, 5.41) is 2.91. The van der Waals surface area contributed by atoms with E-state index in [2.05, 4.69) is 10.3 Å². The summed E-state index contributed by atoms with van der Waals surface area (Å²) in [5.74, 6) is 1.11. The normalized spacial score (nSPS) is 10.6. The van der Waals surface area contributed by atoms with Crippen LogP contribution in [0.25, 0.3) is 11.5 Å². The zero-order valence-corrected chi connectivity index (χ0v) is 14.1. The number of anilines is 1. The Morgan fingerprint density at radius 2 is 1.79 bits per heavy atom. The SMILES string of the molecule is Cc1ccc(NC(=O)Cc2nc(-c3ccccc3)oc2C)cc1C. The number of hydrogen-bond donors (Lipinski definition) is 1. The summed E-state index contributed by atoms with van der Waals surface area (Å²) in [5.41, 5.74) is 4.72. The Hall–Kier alpha value is -2.88. The molecule has 4 nitrogen and oxygen atoms in total. The summed E-state index contributed by atoms with van der Waals surface area (Å²) in [6.45, 7) is 5.90. The number of carbonyl (C=O) groups is 1. The van der Waals surface area contributed by atoms with Crippen molar-refractivity contribution in [1.29, 1.82) is 0 Å². The van der Waals surface area contributed by atoms with Crippen molar-refractivity contribution in [3.05, 3.63) is 71.1 Å². The maximum absolute atomic E-state index is 12.3. The van der Waals surface area contributed by atoms with Gasteiger partial charge in [-0.1, -0.05) is 24.3 Å². The third kappa shape index (κ3) is 3.54. The van der Waals surface area contributed by atoms with Gasteiger partial charge in [-0.3, -0.25) is 4.79 Å². The first-order valence-electron chi connectivity index (χ1n) is 7.92. The van der Waals surface area contributed by atoms with Crippen molar-refractivity contribution in [2.24, 2.45) is 0 Å². The average molecular weight is 320 g/mol. The van der Waals surface area contributed by atoms with Crippen molar-refractivity contribution in [2.45, 2.75) is 27.2 Å². The van der Waals surface area contributed by atoms with E-state index in [4.69, 9.17) is 4.42 Å². The minimum atomic E-state index is -0.103. The molecule has 0 saturated carbocycles. The van der Waals surface area contributed by atoms with E-state index in [9.17, 15) is 4.79 Å². The second-order valence-electron chi connectivity index (χ2n) is 5.91. The molecule has 0 atom stereocenters. The summed E-state index contributed by atoms with van der Waals surface area (Å²) >= 11 is 0. The number of hydrogen-bond acceptors (Lipinski definition) is 3. The average Bonchev–Trinajstić information content (AvgIpc) is 2.93. The van der Waals surface area contributed by atoms with Crippen LogP contribution < -0.4 is 5.32 Å². The largest absolute Gasteiger partial charge is 0.441 e. The first-order chi connectivity index (χ1) is 11.5. The lowest BCUT2D eigenvalue weighted by atomic mass is 10.1. The molecule has 4 heteroatoms. The lowest BCUT2D eigenvalue weighted by Gasteiger charge is -2.07. The van der Waals surface area contributed by atoms with E-state index in [1.807, 2.05) is 69.3 Å². The number of nitrogens with one attached hydrogen (secondary N) is 1. The second kappa shape index (κ2) is 6.71. The molecular weight excluding hydrogens is 300 g/mol. The molecule has 0 bridgehead atoms. The fraction of sp³-hybridized carbons (Fsp3) is 0.200. The van der Waals surface area contributed by atoms with Crippen LogP contribution in [-0.4, -0.2) is 10.9 Å². The van der Waals surface area contributed by atoms with Crippen molar-refractivity contribution in [1.82, 2.24) is 4.98 Å². The minimum Gasteiger partial charge on any atom is -0.441 e. The van der Waals surface area contributed by atoms with Gasteiger partial charge in [-0.05, 0) is 56.2 Å². The van der Waals surface area contributed by atoms with Crippen LogP contribution in [0.4, 0.5) is 5.69 Å². The van der Waals surface area contributed by atoms with Crippen LogP contribution >= 0.6 is 0 Å². The molecule has 122 valence electrons. The van der Waals surface area contributed by atoms with Crippen LogP contribution in [-0.2, 0) is 11.2 Å². The van der Waals surface area contributed by atoms with Gasteiger partial charge in [-0.25, -0.2) is 4.98 Å². The van der Waals surface area contributed by atoms with E-state index in [-0.39, 0.29) is 12.3 Å². The summed E-state index contributed by atoms with van der Waals surface area (Å²) in [6, 6.07) is 15.6. The molecule has 3 rings (SSSR count). The second-order valence-corrected chi connectivity index (χ2v) is 5.91. The summed E-state index contributed by atoms with van der Waals surface area (Å²) < 4.78 is 5.70. The molecule has 1 heterocycles. The predicted molar refractivity (Wildman–Crippen MR) is 94.9 cm³/mol. The summed E-state index contributed by atoms with van der Waals surface area (Å²) in [7, 11) is 0. The highest BCUT2D eigenvalue weighted by molar-refractivity contribution is 5.92. The Morgan fingerprint density at radius 3 is 2.50 bits per heavy atom. The van der Waals surface area contributed by atoms with Crippen molar-refractivity contribution in [3.8, 4) is 11.5 Å². The zero-order chi connectivity index (χ0) is 17.1. The molecule has 0 radical (unpaired) electrons. The van der Waals surface area contributed by atoms with Crippen LogP contribution in [0.15, 0.2) is 52.9 Å². The van der Waals surface area contributed by atoms with E-state index >= 15 is 0 Å². The lowest BCUT2D eigenvalue weighted by molar-refractivity contribution is -0.115. The van der Waals surface area contributed by atoms with Crippen LogP contribution in [0.3, 0.4) is 0 Å². The Labute approximate surface area is 141 Å². The molecular formula is C20H20N2O2. The van der Waals surface area contributed by atoms with E-state index in [1.54, 1.807) is 0 Å². The van der Waals surface area contributed by atoms with Gasteiger partial charge < -0.3 is 9.73 Å². The topological polar surface area (TPSA) is 55.1 Å². The molecule has 0 aliphatic rings. The van der Waals surface area contributed by atoms with Gasteiger partial charge in [0.05, 0.1) is 12.1 Å². The number of aryl methyl sites for hydroxylation is 3. The zero-order valence-electron chi connectivity index (χ0n) is 14.1. The molecule has 0 unspecified atom stereocenters. The first-order valence-corrected chi connectivity index (χ1v) is 7.92. The van der Waals surface area contributed by atoms with Crippen LogP contribution in [0, 0.1) is 20.8 Å². The summed E-state index contributed by atoms with van der Waals surface area (Å²) in [6.07, 6.45) is 0.190. The lowest BCUT2D eigenvalue weighted by Crippen LogP contribution is -2.15. The highest BCUT2D eigenvalue weighted by atomic mass is 16.4. The molecule has 1 amide bonds. The molecule has 0 aliphatic carbocycles. The minimum absolute atomic E-state index is 0.103. The molecule has 1 aromatic heterocycles. The van der Waals surface area contributed by atoms with E-state index < -0.39 is 0 Å². The fourth-order valence-corrected chi connectivity index (χ4v) is 2.47. The smallest absolute Gasteiger partial charge is 0.230 e. The Morgan fingerprint density at radius 1 is 1.04 bits per heavy atom. The Bertz CT molecular complexity index is 867. The first kappa shape index (κ1) is 16.0. The predicted octanol–water partition coefficient (Wildman–Crippen LogP) is 4.45. The Balaban J connectivity index is 1.72. The molecule has 0 fully saturated rings. The van der Waals surface area contributed by atoms with Crippen LogP contribution in [0.5, 0.6) is 0 Å². The molecule has 0 aliphatic heterocycles. The number of carbonyl (C=O) groups excluding carboxylic acids is 1. The number of amides is 1. The standard InChI is InChI=1S/C20H20N2O2/c1-13-9-10-17(11-14(13)2)21-19(23)12-18-15(3)24-20(22-18)16-7-5-4-6-8-16/h4-11H,12H2,1-3H3,(H,21,23). The third-order valence-electron chi connectivity index (χ3n) is 4.03. The molecule has 0 spiro atoms. The van der Waals surface area contributed by atoms with Gasteiger partial charge in [0.15, 0.2) is 0 Å². The maximum Gasteiger partial charge on any atom is 0.230 e. The molecule has 1 N–H and O–H groups in total. The quantitative estimate of drug-likeness (QED) is 0.773. The maximum atomic E-state index is 12.3. The molecule has 0 saturated heterocycles. The van der Waals surface area contributed by atoms with Crippen molar-refractivity contribution in [2.75, 3.05) is 5.32 Å². The highest BCUT2D eigenvalue weighted by Crippen LogP contribution is 2.22. The number of benzene rings is 2. The van der Waals surface area contributed by atoms with E-state index in [0.717, 1.165) is 16.8 Å². The number of nitrogens with zero attached hydrogens (tertiary/aromatic N) is 1. The van der Waals surface area contributed by atoms with E-state index in [0.29, 0.717) is 17.3 Å². The van der Waals surface area contributed by atoms with Gasteiger partial charge in [0.25, 0.3) is 0 Å². The fourth-order valence-electron chi connectivity index (χ4n) is 2.47. The van der Waals surface area contributed by atoms with Crippen LogP contribution in [0.2, 0.25) is 0 Å². The van der Waals surface area contributed by atoms with Crippen LogP contribution in [0.1, 0.15) is 22.6 Å². The number of aromatic nitrogens is 1. The van der Waals surface area contributed by atoms with Crippen molar-refractivity contribution >= 4 is 11.6 Å². The monoisotopic (exact) mass is 320 g/mol. The summed E-state index contributed by atoms with van der Waals surface area (Å²) in [4.78, 5) is 16.7. The van der Waals surface area contributed by atoms with Gasteiger partial charge in [0.2, 0.25) is 11.8 Å². The van der Waals surface area contributed by atoms with Crippen molar-refractivity contribution in [3.63, 3.8) is 0 Å². The molecule has 3 aromatic rings. The highest BCUT2D eigenvalue weighted by Gasteiger charge is 2.14. The van der Waals surface area contributed by atoms with Gasteiger partial charge in [0.1, 0.15) is 5.76 Å². The number of oxazole rings is 1. The Kier molecular flexibility index (Phi) is 4.47. The molecule has 24 heavy (non-hydrogen) atoms. The van der Waals surface area contributed by atoms with E-state index in [1.165, 1.54) is 5.56 Å². The van der Waals surface area contributed by atoms with Gasteiger partial charge in [0, 0.05) is 11.3 Å². The van der Waals surface area contributed by atoms with Gasteiger partial charge in [-0.15, -0.1) is 0 Å². The van der Waals surface area contributed by atoms with Gasteiger partial charge in [-0.2, -0.15) is 0 Å². The molecule has 2 aromatic carbocycles. The number of rotatable bonds is 4. The van der Waals surface area contributed by atoms with Crippen molar-refractivity contribution < 1.29 is 9.21 Å². The van der Waals surface area contributed by atoms with Gasteiger partial charge >= 0.3 is 0 Å². The third-order valence-corrected chi connectivity index (χ3v) is 4.03.